The molecular weight excluding hydrogens is 687 g/mol. The molecule has 0 aliphatic heterocycles. The predicted octanol–water partition coefficient (Wildman–Crippen LogP) is 15.8. The van der Waals surface area contributed by atoms with E-state index in [-0.39, 0.29) is 16.7 Å². The monoisotopic (exact) mass is 744 g/mol. The fraction of sp³-hybridized carbons (Fsp3) is 0. The Morgan fingerprint density at radius 1 is 0.298 bits per heavy atom. The Balaban J connectivity index is 1.31. The molecule has 0 saturated carbocycles. The summed E-state index contributed by atoms with van der Waals surface area (Å²) in [4.78, 5) is 0.660. The summed E-state index contributed by atoms with van der Waals surface area (Å²) in [6.45, 7) is 0. The molecule has 0 aliphatic rings. The van der Waals surface area contributed by atoms with E-state index >= 15 is 0 Å². The van der Waals surface area contributed by atoms with Crippen LogP contribution in [-0.4, -0.2) is 0 Å². The van der Waals surface area contributed by atoms with Crippen LogP contribution in [0.15, 0.2) is 236 Å². The van der Waals surface area contributed by atoms with Gasteiger partial charge in [-0.25, -0.2) is 0 Å². The van der Waals surface area contributed by atoms with Crippen molar-refractivity contribution in [2.45, 2.75) is 0 Å². The second kappa shape index (κ2) is 15.0. The van der Waals surface area contributed by atoms with Crippen molar-refractivity contribution in [2.24, 2.45) is 0 Å². The first kappa shape index (κ1) is 19.4. The molecule has 0 aliphatic carbocycles. The smallest absolute Gasteiger partial charge is 0.0645 e. The van der Waals surface area contributed by atoms with Gasteiger partial charge in [-0.3, -0.25) is 0 Å². The zero-order chi connectivity index (χ0) is 54.5. The number of hydrogen-bond donors (Lipinski definition) is 0. The molecule has 0 saturated heterocycles. The van der Waals surface area contributed by atoms with E-state index in [9.17, 15) is 16.4 Å². The van der Waals surface area contributed by atoms with Gasteiger partial charge in [-0.05, 0) is 120 Å². The highest BCUT2D eigenvalue weighted by Gasteiger charge is 2.16. The van der Waals surface area contributed by atoms with Crippen LogP contribution in [0.4, 0.5) is 17.1 Å². The average Bonchev–Trinajstić information content (AvgIpc) is 3.54. The molecule has 0 atom stereocenters. The van der Waals surface area contributed by atoms with E-state index < -0.39 is 154 Å². The first-order valence-corrected chi connectivity index (χ1v) is 18.1. The molecule has 0 unspecified atom stereocenters. The maximum Gasteiger partial charge on any atom is 0.0645 e. The van der Waals surface area contributed by atoms with Crippen LogP contribution < -0.4 is 4.90 Å². The van der Waals surface area contributed by atoms with Crippen LogP contribution in [0.25, 0.3) is 77.2 Å². The van der Waals surface area contributed by atoms with Crippen molar-refractivity contribution in [1.29, 1.82) is 0 Å². The minimum Gasteiger partial charge on any atom is -0.311 e. The number of nitrogens with zero attached hydrogens (tertiary/aromatic N) is 1. The Bertz CT molecular complexity index is 4010. The number of anilines is 3. The maximum atomic E-state index is 9.79. The summed E-state index contributed by atoms with van der Waals surface area (Å²) in [5, 5.41) is 0.486. The number of benzene rings is 10. The summed E-state index contributed by atoms with van der Waals surface area (Å²) in [7, 11) is 0. The molecule has 0 spiro atoms. The Labute approximate surface area is 361 Å². The first-order chi connectivity index (χ1) is 36.2. The van der Waals surface area contributed by atoms with Gasteiger partial charge in [-0.2, -0.15) is 0 Å². The molecule has 0 heterocycles. The van der Waals surface area contributed by atoms with Crippen molar-refractivity contribution < 1.29 is 26.0 Å². The lowest BCUT2D eigenvalue weighted by Gasteiger charge is -2.26. The van der Waals surface area contributed by atoms with Gasteiger partial charge in [0.25, 0.3) is 0 Å². The third kappa shape index (κ3) is 6.66. The molecule has 0 fully saturated rings. The van der Waals surface area contributed by atoms with Crippen LogP contribution in [-0.2, 0) is 0 Å². The first-order valence-electron chi connectivity index (χ1n) is 27.6. The Morgan fingerprint density at radius 2 is 0.825 bits per heavy atom. The molecule has 268 valence electrons. The quantitative estimate of drug-likeness (QED) is 0.150. The van der Waals surface area contributed by atoms with Crippen molar-refractivity contribution in [3.05, 3.63) is 236 Å². The van der Waals surface area contributed by atoms with Crippen LogP contribution in [0.2, 0.25) is 0 Å². The normalized spacial score (nSPS) is 15.8. The fourth-order valence-electron chi connectivity index (χ4n) is 6.87. The second-order valence-corrected chi connectivity index (χ2v) is 13.0. The minimum absolute atomic E-state index is 0.171. The van der Waals surface area contributed by atoms with Gasteiger partial charge in [-0.1, -0.05) is 194 Å². The molecule has 10 aromatic rings. The van der Waals surface area contributed by atoms with Gasteiger partial charge in [0.2, 0.25) is 0 Å². The summed E-state index contributed by atoms with van der Waals surface area (Å²) in [5.41, 5.74) is -0.833. The van der Waals surface area contributed by atoms with Crippen molar-refractivity contribution >= 4 is 38.6 Å². The summed E-state index contributed by atoms with van der Waals surface area (Å²) in [5.74, 6) is 0. The van der Waals surface area contributed by atoms with E-state index in [1.54, 1.807) is 36.4 Å². The Kier molecular flexibility index (Phi) is 5.10. The largest absolute Gasteiger partial charge is 0.311 e. The molecule has 10 aromatic carbocycles. The van der Waals surface area contributed by atoms with Crippen molar-refractivity contribution in [3.63, 3.8) is 0 Å². The van der Waals surface area contributed by atoms with Crippen molar-refractivity contribution in [2.75, 3.05) is 4.90 Å². The molecule has 0 N–H and O–H groups in total. The molecule has 0 bridgehead atoms. The summed E-state index contributed by atoms with van der Waals surface area (Å²) in [6.07, 6.45) is 0. The lowest BCUT2D eigenvalue weighted by atomic mass is 9.90. The van der Waals surface area contributed by atoms with E-state index in [1.165, 1.54) is 0 Å². The van der Waals surface area contributed by atoms with Crippen LogP contribution in [0.1, 0.15) is 26.0 Å². The molecule has 1 heteroatoms. The molecule has 0 aromatic heterocycles. The SMILES string of the molecule is [2H]c1c([2H])c(N(c2c([2H])c([2H])c(-c3ccc4ccccc4c3-c3ccccc3)c([2H])c2[2H])c2c([2H])c([2H])c(-c3c([2H])c([2H])c([2H])c4c([2H])c([2H])c([2H])c([2H])c34)c([2H])c2[2H])c([2H])c([2H])c1-c1cccc(-c2ccccc2)c1. The van der Waals surface area contributed by atoms with E-state index in [0.29, 0.717) is 27.2 Å². The van der Waals surface area contributed by atoms with E-state index in [0.717, 1.165) is 16.3 Å². The highest BCUT2D eigenvalue weighted by Crippen LogP contribution is 2.42. The number of fused-ring (bicyclic) bond motifs is 2. The zero-order valence-electron chi connectivity index (χ0n) is 49.0. The summed E-state index contributed by atoms with van der Waals surface area (Å²) >= 11 is 0. The standard InChI is InChI=1S/C56H39N/c1-3-13-40(14-4-1)47-20-11-21-48(39-47)41-25-32-49(33-26-41)57(50-34-27-44(28-35-50)53-24-12-19-42-15-7-9-22-52(42)53)51-36-29-45(30-37-51)55-38-31-43-16-8-10-23-54(43)56(55)46-17-5-2-6-18-46/h1-39H/i7D,9D,12D,15D,19D,22D,24D,25D,26D,27D,28D,29D,30D,32D,33D,34D,35D,36D,37D. The van der Waals surface area contributed by atoms with Gasteiger partial charge >= 0.3 is 0 Å². The van der Waals surface area contributed by atoms with E-state index in [2.05, 4.69) is 0 Å². The third-order valence-electron chi connectivity index (χ3n) is 9.59. The average molecular weight is 745 g/mol. The summed E-state index contributed by atoms with van der Waals surface area (Å²) in [6, 6.07) is 20.4. The van der Waals surface area contributed by atoms with Gasteiger partial charge in [0, 0.05) is 17.1 Å². The Hall–Kier alpha value is -7.48. The predicted molar refractivity (Wildman–Crippen MR) is 243 cm³/mol. The third-order valence-corrected chi connectivity index (χ3v) is 9.59. The Morgan fingerprint density at radius 3 is 1.51 bits per heavy atom. The van der Waals surface area contributed by atoms with Crippen molar-refractivity contribution in [1.82, 2.24) is 0 Å². The van der Waals surface area contributed by atoms with Crippen LogP contribution >= 0.6 is 0 Å². The van der Waals surface area contributed by atoms with E-state index in [1.807, 2.05) is 84.9 Å². The van der Waals surface area contributed by atoms with Crippen LogP contribution in [0, 0.1) is 0 Å². The molecule has 57 heavy (non-hydrogen) atoms. The van der Waals surface area contributed by atoms with Gasteiger partial charge in [0.05, 0.1) is 26.0 Å². The molecular formula is C56H39N. The highest BCUT2D eigenvalue weighted by atomic mass is 15.1. The number of hydrogen-bond acceptors (Lipinski definition) is 1. The maximum absolute atomic E-state index is 9.79. The summed E-state index contributed by atoms with van der Waals surface area (Å²) < 4.78 is 176. The minimum atomic E-state index is -1.04. The van der Waals surface area contributed by atoms with Crippen LogP contribution in [0.5, 0.6) is 0 Å². The fourth-order valence-corrected chi connectivity index (χ4v) is 6.87. The molecule has 1 nitrogen and oxygen atoms in total. The van der Waals surface area contributed by atoms with Gasteiger partial charge in [0.15, 0.2) is 0 Å². The van der Waals surface area contributed by atoms with Crippen LogP contribution in [0.3, 0.4) is 0 Å². The number of rotatable bonds is 8. The zero-order valence-corrected chi connectivity index (χ0v) is 30.0. The van der Waals surface area contributed by atoms with Gasteiger partial charge in [-0.15, -0.1) is 0 Å². The topological polar surface area (TPSA) is 3.24 Å². The molecule has 10 rings (SSSR count). The lowest BCUT2D eigenvalue weighted by molar-refractivity contribution is 1.28. The van der Waals surface area contributed by atoms with Gasteiger partial charge < -0.3 is 4.90 Å². The van der Waals surface area contributed by atoms with Gasteiger partial charge in [0.1, 0.15) is 0 Å². The van der Waals surface area contributed by atoms with E-state index in [4.69, 9.17) is 9.60 Å². The molecule has 0 amide bonds. The lowest BCUT2D eigenvalue weighted by Crippen LogP contribution is -2.09. The second-order valence-electron chi connectivity index (χ2n) is 13.0. The molecule has 0 radical (unpaired) electrons. The van der Waals surface area contributed by atoms with Crippen molar-refractivity contribution in [3.8, 4) is 55.6 Å². The highest BCUT2D eigenvalue weighted by molar-refractivity contribution is 6.04.